The highest BCUT2D eigenvalue weighted by Gasteiger charge is 2.11. The van der Waals surface area contributed by atoms with Crippen LogP contribution in [0, 0.1) is 0 Å². The van der Waals surface area contributed by atoms with E-state index < -0.39 is 10.0 Å². The maximum Gasteiger partial charge on any atom is 0.229 e. The number of benzene rings is 2. The molecule has 0 aliphatic heterocycles. The summed E-state index contributed by atoms with van der Waals surface area (Å²) in [7, 11) is -3.34. The molecule has 2 aromatic heterocycles. The minimum Gasteiger partial charge on any atom is -0.359 e. The van der Waals surface area contributed by atoms with Crippen LogP contribution in [0.5, 0.6) is 0 Å². The molecule has 0 fully saturated rings. The molecule has 0 bridgehead atoms. The number of hydrogen-bond donors (Lipinski definition) is 3. The monoisotopic (exact) mass is 419 g/mol. The number of anilines is 3. The van der Waals surface area contributed by atoms with E-state index in [1.54, 1.807) is 24.4 Å². The SMILES string of the molecule is CS(=O)(=O)Nc1ccc2[nH]cc(Nc3nnc(-c4cccc(Cl)c4)s3)c2c1. The lowest BCUT2D eigenvalue weighted by Crippen LogP contribution is -2.09. The molecule has 2 heterocycles. The molecule has 0 radical (unpaired) electrons. The van der Waals surface area contributed by atoms with Gasteiger partial charge in [0, 0.05) is 33.4 Å². The highest BCUT2D eigenvalue weighted by atomic mass is 35.5. The number of sulfonamides is 1. The fourth-order valence-corrected chi connectivity index (χ4v) is 4.13. The molecule has 10 heteroatoms. The van der Waals surface area contributed by atoms with Crippen LogP contribution in [0.25, 0.3) is 21.5 Å². The highest BCUT2D eigenvalue weighted by molar-refractivity contribution is 7.92. The molecule has 2 aromatic carbocycles. The molecule has 0 amide bonds. The topological polar surface area (TPSA) is 99.8 Å². The van der Waals surface area contributed by atoms with Crippen LogP contribution < -0.4 is 10.0 Å². The predicted molar refractivity (Wildman–Crippen MR) is 110 cm³/mol. The van der Waals surface area contributed by atoms with Gasteiger partial charge < -0.3 is 10.3 Å². The van der Waals surface area contributed by atoms with Gasteiger partial charge in [0.25, 0.3) is 0 Å². The molecule has 0 unspecified atom stereocenters. The number of rotatable bonds is 5. The van der Waals surface area contributed by atoms with Crippen molar-refractivity contribution in [1.29, 1.82) is 0 Å². The second-order valence-electron chi connectivity index (χ2n) is 5.88. The summed E-state index contributed by atoms with van der Waals surface area (Å²) in [6.07, 6.45) is 2.92. The predicted octanol–water partition coefficient (Wildman–Crippen LogP) is 4.45. The van der Waals surface area contributed by atoms with E-state index in [9.17, 15) is 8.42 Å². The van der Waals surface area contributed by atoms with Crippen molar-refractivity contribution in [2.24, 2.45) is 0 Å². The Labute approximate surface area is 164 Å². The van der Waals surface area contributed by atoms with Crippen LogP contribution in [0.1, 0.15) is 0 Å². The Kier molecular flexibility index (Phi) is 4.50. The van der Waals surface area contributed by atoms with Gasteiger partial charge in [-0.25, -0.2) is 8.42 Å². The Bertz CT molecular complexity index is 1230. The highest BCUT2D eigenvalue weighted by Crippen LogP contribution is 2.33. The lowest BCUT2D eigenvalue weighted by atomic mass is 10.2. The van der Waals surface area contributed by atoms with Crippen molar-refractivity contribution in [3.8, 4) is 10.6 Å². The van der Waals surface area contributed by atoms with Crippen LogP contribution in [0.3, 0.4) is 0 Å². The van der Waals surface area contributed by atoms with Crippen LogP contribution >= 0.6 is 22.9 Å². The zero-order valence-electron chi connectivity index (χ0n) is 14.0. The van der Waals surface area contributed by atoms with E-state index in [1.807, 2.05) is 24.3 Å². The summed E-state index contributed by atoms with van der Waals surface area (Å²) in [6.45, 7) is 0. The number of aromatic amines is 1. The van der Waals surface area contributed by atoms with Crippen LogP contribution in [-0.4, -0.2) is 29.9 Å². The van der Waals surface area contributed by atoms with E-state index in [4.69, 9.17) is 11.6 Å². The minimum atomic E-state index is -3.34. The van der Waals surface area contributed by atoms with Crippen LogP contribution in [0.2, 0.25) is 5.02 Å². The third kappa shape index (κ3) is 4.05. The lowest BCUT2D eigenvalue weighted by Gasteiger charge is -2.05. The summed E-state index contributed by atoms with van der Waals surface area (Å²) in [5.74, 6) is 0. The molecule has 0 atom stereocenters. The number of hydrogen-bond acceptors (Lipinski definition) is 6. The van der Waals surface area contributed by atoms with E-state index >= 15 is 0 Å². The average Bonchev–Trinajstić information content (AvgIpc) is 3.21. The largest absolute Gasteiger partial charge is 0.359 e. The van der Waals surface area contributed by atoms with Gasteiger partial charge >= 0.3 is 0 Å². The molecule has 0 spiro atoms. The minimum absolute atomic E-state index is 0.490. The Balaban J connectivity index is 1.63. The van der Waals surface area contributed by atoms with E-state index in [0.717, 1.165) is 33.4 Å². The van der Waals surface area contributed by atoms with Crippen molar-refractivity contribution < 1.29 is 8.42 Å². The van der Waals surface area contributed by atoms with E-state index in [0.29, 0.717) is 15.8 Å². The third-order valence-corrected chi connectivity index (χ3v) is 5.45. The second kappa shape index (κ2) is 6.84. The first-order valence-electron chi connectivity index (χ1n) is 7.83. The molecule has 4 aromatic rings. The molecule has 138 valence electrons. The summed E-state index contributed by atoms with van der Waals surface area (Å²) in [6, 6.07) is 12.7. The fraction of sp³-hybridized carbons (Fsp3) is 0.0588. The molecular formula is C17H14ClN5O2S2. The van der Waals surface area contributed by atoms with Gasteiger partial charge in [0.2, 0.25) is 15.2 Å². The van der Waals surface area contributed by atoms with E-state index in [2.05, 4.69) is 25.2 Å². The van der Waals surface area contributed by atoms with Crippen molar-refractivity contribution >= 4 is 60.4 Å². The number of H-pyrrole nitrogens is 1. The van der Waals surface area contributed by atoms with Crippen molar-refractivity contribution in [2.45, 2.75) is 0 Å². The molecule has 0 saturated carbocycles. The third-order valence-electron chi connectivity index (χ3n) is 3.72. The van der Waals surface area contributed by atoms with Gasteiger partial charge in [-0.3, -0.25) is 4.72 Å². The molecule has 0 aliphatic rings. The molecule has 27 heavy (non-hydrogen) atoms. The molecule has 3 N–H and O–H groups in total. The second-order valence-corrected chi connectivity index (χ2v) is 9.05. The van der Waals surface area contributed by atoms with E-state index in [1.165, 1.54) is 11.3 Å². The van der Waals surface area contributed by atoms with Crippen LogP contribution in [0.15, 0.2) is 48.7 Å². The van der Waals surface area contributed by atoms with Crippen molar-refractivity contribution in [3.63, 3.8) is 0 Å². The molecule has 0 saturated heterocycles. The zero-order valence-corrected chi connectivity index (χ0v) is 16.4. The summed E-state index contributed by atoms with van der Waals surface area (Å²) >= 11 is 7.43. The Morgan fingerprint density at radius 2 is 2.00 bits per heavy atom. The van der Waals surface area contributed by atoms with Gasteiger partial charge in [-0.05, 0) is 30.3 Å². The number of halogens is 1. The number of aromatic nitrogens is 3. The molecular weight excluding hydrogens is 406 g/mol. The van der Waals surface area contributed by atoms with Crippen molar-refractivity contribution in [1.82, 2.24) is 15.2 Å². The summed E-state index contributed by atoms with van der Waals surface area (Å²) in [5.41, 5.74) is 3.03. The van der Waals surface area contributed by atoms with Gasteiger partial charge in [-0.15, -0.1) is 10.2 Å². The number of nitrogens with zero attached hydrogens (tertiary/aromatic N) is 2. The van der Waals surface area contributed by atoms with Gasteiger partial charge in [-0.1, -0.05) is 35.1 Å². The number of nitrogens with one attached hydrogen (secondary N) is 3. The summed E-state index contributed by atoms with van der Waals surface area (Å²) < 4.78 is 25.4. The summed E-state index contributed by atoms with van der Waals surface area (Å²) in [4.78, 5) is 3.14. The van der Waals surface area contributed by atoms with Gasteiger partial charge in [0.1, 0.15) is 5.01 Å². The van der Waals surface area contributed by atoms with Crippen LogP contribution in [0.4, 0.5) is 16.5 Å². The van der Waals surface area contributed by atoms with E-state index in [-0.39, 0.29) is 0 Å². The number of fused-ring (bicyclic) bond motifs is 1. The summed E-state index contributed by atoms with van der Waals surface area (Å²) in [5, 5.41) is 14.4. The maximum absolute atomic E-state index is 11.5. The van der Waals surface area contributed by atoms with Crippen molar-refractivity contribution in [2.75, 3.05) is 16.3 Å². The first-order chi connectivity index (χ1) is 12.9. The van der Waals surface area contributed by atoms with Gasteiger partial charge in [-0.2, -0.15) is 0 Å². The van der Waals surface area contributed by atoms with Gasteiger partial charge in [0.15, 0.2) is 0 Å². The van der Waals surface area contributed by atoms with Crippen LogP contribution in [-0.2, 0) is 10.0 Å². The molecule has 4 rings (SSSR count). The fourth-order valence-electron chi connectivity index (χ4n) is 2.63. The maximum atomic E-state index is 11.5. The van der Waals surface area contributed by atoms with Gasteiger partial charge in [0.05, 0.1) is 11.9 Å². The van der Waals surface area contributed by atoms with Crippen molar-refractivity contribution in [3.05, 3.63) is 53.7 Å². The normalized spacial score (nSPS) is 11.6. The Hall–Kier alpha value is -2.62. The quantitative estimate of drug-likeness (QED) is 0.443. The Morgan fingerprint density at radius 3 is 2.78 bits per heavy atom. The zero-order chi connectivity index (χ0) is 19.0. The average molecular weight is 420 g/mol. The first-order valence-corrected chi connectivity index (χ1v) is 10.9. The smallest absolute Gasteiger partial charge is 0.229 e. The Morgan fingerprint density at radius 1 is 1.15 bits per heavy atom. The standard InChI is InChI=1S/C17H14ClN5O2S2/c1-27(24,25)23-12-5-6-14-13(8-12)15(9-19-14)20-17-22-21-16(26-17)10-3-2-4-11(18)7-10/h2-9,19,23H,1H3,(H,20,22). The lowest BCUT2D eigenvalue weighted by molar-refractivity contribution is 0.607. The molecule has 7 nitrogen and oxygen atoms in total. The molecule has 0 aliphatic carbocycles. The first kappa shape index (κ1) is 17.8.